The van der Waals surface area contributed by atoms with Gasteiger partial charge >= 0.3 is 0 Å². The molecule has 7 heteroatoms. The standard InChI is InChI=1S/C19H19Cl2N3O2/c1-26-15-5-2-12(3-6-15)8-14-10-18(17(22)11-25)23-24(14)19-7-4-13(20)9-16(19)21/h2-7,9-10,17,25H,8,11,22H2,1H3. The lowest BCUT2D eigenvalue weighted by Crippen LogP contribution is -2.15. The maximum absolute atomic E-state index is 9.37. The molecule has 1 unspecified atom stereocenters. The van der Waals surface area contributed by atoms with E-state index in [1.54, 1.807) is 23.9 Å². The Hall–Kier alpha value is -2.05. The summed E-state index contributed by atoms with van der Waals surface area (Å²) in [5, 5.41) is 15.0. The number of aliphatic hydroxyl groups is 1. The minimum absolute atomic E-state index is 0.187. The highest BCUT2D eigenvalue weighted by Gasteiger charge is 2.17. The van der Waals surface area contributed by atoms with Crippen molar-refractivity contribution in [3.05, 3.63) is 75.5 Å². The highest BCUT2D eigenvalue weighted by atomic mass is 35.5. The van der Waals surface area contributed by atoms with Gasteiger partial charge in [0.25, 0.3) is 0 Å². The van der Waals surface area contributed by atoms with Gasteiger partial charge in [-0.3, -0.25) is 0 Å². The maximum Gasteiger partial charge on any atom is 0.118 e. The molecular formula is C19H19Cl2N3O2. The zero-order chi connectivity index (χ0) is 18.7. The number of benzene rings is 2. The molecule has 3 aromatic rings. The van der Waals surface area contributed by atoms with Crippen LogP contribution in [0.4, 0.5) is 0 Å². The second kappa shape index (κ2) is 8.10. The van der Waals surface area contributed by atoms with Crippen LogP contribution in [0, 0.1) is 0 Å². The Morgan fingerprint density at radius 1 is 1.15 bits per heavy atom. The number of ether oxygens (including phenoxy) is 1. The van der Waals surface area contributed by atoms with Gasteiger partial charge in [0.2, 0.25) is 0 Å². The summed E-state index contributed by atoms with van der Waals surface area (Å²) < 4.78 is 6.94. The molecule has 2 aromatic carbocycles. The van der Waals surface area contributed by atoms with Gasteiger partial charge in [0, 0.05) is 17.1 Å². The molecule has 136 valence electrons. The monoisotopic (exact) mass is 391 g/mol. The van der Waals surface area contributed by atoms with Gasteiger partial charge in [-0.25, -0.2) is 4.68 Å². The third-order valence-corrected chi connectivity index (χ3v) is 4.60. The minimum atomic E-state index is -0.558. The van der Waals surface area contributed by atoms with Gasteiger partial charge < -0.3 is 15.6 Å². The van der Waals surface area contributed by atoms with Crippen molar-refractivity contribution in [3.8, 4) is 11.4 Å². The smallest absolute Gasteiger partial charge is 0.118 e. The summed E-state index contributed by atoms with van der Waals surface area (Å²) in [6.45, 7) is -0.187. The molecule has 0 aliphatic rings. The Morgan fingerprint density at radius 3 is 2.50 bits per heavy atom. The quantitative estimate of drug-likeness (QED) is 0.670. The summed E-state index contributed by atoms with van der Waals surface area (Å²) in [7, 11) is 1.63. The van der Waals surface area contributed by atoms with Crippen molar-refractivity contribution in [2.24, 2.45) is 5.73 Å². The molecule has 26 heavy (non-hydrogen) atoms. The second-order valence-electron chi connectivity index (χ2n) is 5.88. The Bertz CT molecular complexity index is 894. The number of nitrogens with two attached hydrogens (primary N) is 1. The summed E-state index contributed by atoms with van der Waals surface area (Å²) >= 11 is 12.4. The number of methoxy groups -OCH3 is 1. The van der Waals surface area contributed by atoms with Gasteiger partial charge in [-0.15, -0.1) is 0 Å². The highest BCUT2D eigenvalue weighted by Crippen LogP contribution is 2.27. The number of nitrogens with zero attached hydrogens (tertiary/aromatic N) is 2. The summed E-state index contributed by atoms with van der Waals surface area (Å²) in [6, 6.07) is 14.4. The predicted molar refractivity (Wildman–Crippen MR) is 103 cm³/mol. The van der Waals surface area contributed by atoms with E-state index in [9.17, 15) is 5.11 Å². The topological polar surface area (TPSA) is 73.3 Å². The van der Waals surface area contributed by atoms with Crippen LogP contribution in [0.25, 0.3) is 5.69 Å². The molecule has 0 saturated heterocycles. The maximum atomic E-state index is 9.37. The van der Waals surface area contributed by atoms with Gasteiger partial charge in [-0.1, -0.05) is 35.3 Å². The number of hydrogen-bond donors (Lipinski definition) is 2. The first-order chi connectivity index (χ1) is 12.5. The van der Waals surface area contributed by atoms with E-state index in [1.807, 2.05) is 36.4 Å². The first-order valence-corrected chi connectivity index (χ1v) is 8.81. The normalized spacial score (nSPS) is 12.2. The van der Waals surface area contributed by atoms with Gasteiger partial charge in [0.1, 0.15) is 5.75 Å². The first-order valence-electron chi connectivity index (χ1n) is 8.05. The highest BCUT2D eigenvalue weighted by molar-refractivity contribution is 6.35. The molecule has 3 rings (SSSR count). The van der Waals surface area contributed by atoms with E-state index in [1.165, 1.54) is 0 Å². The van der Waals surface area contributed by atoms with Crippen LogP contribution in [0.3, 0.4) is 0 Å². The third-order valence-electron chi connectivity index (χ3n) is 4.06. The molecule has 1 aromatic heterocycles. The average Bonchev–Trinajstić information content (AvgIpc) is 3.05. The fourth-order valence-corrected chi connectivity index (χ4v) is 3.14. The van der Waals surface area contributed by atoms with E-state index in [-0.39, 0.29) is 6.61 Å². The molecule has 0 aliphatic carbocycles. The number of rotatable bonds is 6. The Labute approximate surface area is 161 Å². The second-order valence-corrected chi connectivity index (χ2v) is 6.73. The predicted octanol–water partition coefficient (Wildman–Crippen LogP) is 3.77. The van der Waals surface area contributed by atoms with Crippen LogP contribution in [0.15, 0.2) is 48.5 Å². The number of aliphatic hydroxyl groups excluding tert-OH is 1. The molecule has 3 N–H and O–H groups in total. The SMILES string of the molecule is COc1ccc(Cc2cc(C(N)CO)nn2-c2ccc(Cl)cc2Cl)cc1. The molecule has 5 nitrogen and oxygen atoms in total. The van der Waals surface area contributed by atoms with E-state index < -0.39 is 6.04 Å². The van der Waals surface area contributed by atoms with Crippen LogP contribution in [-0.4, -0.2) is 28.6 Å². The van der Waals surface area contributed by atoms with Crippen LogP contribution in [0.1, 0.15) is 23.0 Å². The molecule has 0 radical (unpaired) electrons. The van der Waals surface area contributed by atoms with Crippen molar-refractivity contribution < 1.29 is 9.84 Å². The molecule has 0 amide bonds. The van der Waals surface area contributed by atoms with Crippen molar-refractivity contribution >= 4 is 23.2 Å². The lowest BCUT2D eigenvalue weighted by atomic mass is 10.1. The van der Waals surface area contributed by atoms with Crippen molar-refractivity contribution in [1.29, 1.82) is 0 Å². The summed E-state index contributed by atoms with van der Waals surface area (Å²) in [6.07, 6.45) is 0.619. The first kappa shape index (κ1) is 18.7. The van der Waals surface area contributed by atoms with Crippen molar-refractivity contribution in [3.63, 3.8) is 0 Å². The molecule has 1 atom stereocenters. The van der Waals surface area contributed by atoms with Crippen molar-refractivity contribution in [2.75, 3.05) is 13.7 Å². The average molecular weight is 392 g/mol. The lowest BCUT2D eigenvalue weighted by Gasteiger charge is -2.10. The van der Waals surface area contributed by atoms with Crippen LogP contribution in [0.2, 0.25) is 10.0 Å². The Kier molecular flexibility index (Phi) is 5.84. The van der Waals surface area contributed by atoms with E-state index in [4.69, 9.17) is 33.7 Å². The van der Waals surface area contributed by atoms with E-state index in [0.717, 1.165) is 17.0 Å². The minimum Gasteiger partial charge on any atom is -0.497 e. The van der Waals surface area contributed by atoms with Gasteiger partial charge in [0.05, 0.1) is 36.2 Å². The zero-order valence-electron chi connectivity index (χ0n) is 14.2. The summed E-state index contributed by atoms with van der Waals surface area (Å²) in [5.41, 5.74) is 9.24. The van der Waals surface area contributed by atoms with Gasteiger partial charge in [-0.2, -0.15) is 5.10 Å². The van der Waals surface area contributed by atoms with Gasteiger partial charge in [0.15, 0.2) is 0 Å². The molecule has 0 spiro atoms. The van der Waals surface area contributed by atoms with Gasteiger partial charge in [-0.05, 0) is 42.0 Å². The van der Waals surface area contributed by atoms with E-state index in [2.05, 4.69) is 5.10 Å². The van der Waals surface area contributed by atoms with Crippen LogP contribution >= 0.6 is 23.2 Å². The van der Waals surface area contributed by atoms with E-state index >= 15 is 0 Å². The number of halogens is 2. The molecule has 0 bridgehead atoms. The van der Waals surface area contributed by atoms with Crippen LogP contribution in [-0.2, 0) is 6.42 Å². The van der Waals surface area contributed by atoms with Crippen molar-refractivity contribution in [2.45, 2.75) is 12.5 Å². The molecular weight excluding hydrogens is 373 g/mol. The summed E-state index contributed by atoms with van der Waals surface area (Å²) in [4.78, 5) is 0. The summed E-state index contributed by atoms with van der Waals surface area (Å²) in [5.74, 6) is 0.797. The zero-order valence-corrected chi connectivity index (χ0v) is 15.7. The molecule has 0 aliphatic heterocycles. The molecule has 0 saturated carbocycles. The third kappa shape index (κ3) is 4.02. The Balaban J connectivity index is 2.02. The van der Waals surface area contributed by atoms with Crippen molar-refractivity contribution in [1.82, 2.24) is 9.78 Å². The van der Waals surface area contributed by atoms with Crippen LogP contribution in [0.5, 0.6) is 5.75 Å². The fourth-order valence-electron chi connectivity index (χ4n) is 2.66. The molecule has 0 fully saturated rings. The fraction of sp³-hybridized carbons (Fsp3) is 0.211. The number of aromatic nitrogens is 2. The van der Waals surface area contributed by atoms with E-state index in [0.29, 0.717) is 27.8 Å². The largest absolute Gasteiger partial charge is 0.497 e. The lowest BCUT2D eigenvalue weighted by molar-refractivity contribution is 0.265. The van der Waals surface area contributed by atoms with Crippen LogP contribution < -0.4 is 10.5 Å². The Morgan fingerprint density at radius 2 is 1.88 bits per heavy atom. The number of hydrogen-bond acceptors (Lipinski definition) is 4. The molecule has 1 heterocycles.